The molecular weight excluding hydrogens is 252 g/mol. The van der Waals surface area contributed by atoms with E-state index in [1.54, 1.807) is 0 Å². The molecule has 0 atom stereocenters. The van der Waals surface area contributed by atoms with Gasteiger partial charge in [-0.25, -0.2) is 4.98 Å². The topological polar surface area (TPSA) is 36.4 Å². The van der Waals surface area contributed by atoms with Gasteiger partial charge in [0.2, 0.25) is 0 Å². The van der Waals surface area contributed by atoms with Gasteiger partial charge < -0.3 is 10.0 Å². The van der Waals surface area contributed by atoms with E-state index in [0.717, 1.165) is 0 Å². The van der Waals surface area contributed by atoms with Crippen LogP contribution in [-0.4, -0.2) is 29.2 Å². The van der Waals surface area contributed by atoms with Gasteiger partial charge in [-0.3, -0.25) is 0 Å². The summed E-state index contributed by atoms with van der Waals surface area (Å²) < 4.78 is 77.8. The molecule has 0 unspecified atom stereocenters. The summed E-state index contributed by atoms with van der Waals surface area (Å²) in [6.45, 7) is -6.63. The van der Waals surface area contributed by atoms with Crippen LogP contribution in [0.4, 0.5) is 5.13 Å². The summed E-state index contributed by atoms with van der Waals surface area (Å²) in [4.78, 5) is 3.72. The third-order valence-electron chi connectivity index (χ3n) is 1.18. The number of hydrogen-bond donors (Lipinski definition) is 1. The number of piperidine rings is 1. The van der Waals surface area contributed by atoms with Gasteiger partial charge in [0.25, 0.3) is 0 Å². The highest BCUT2D eigenvalue weighted by molar-refractivity contribution is 9.11. The van der Waals surface area contributed by atoms with Gasteiger partial charge in [-0.1, -0.05) is 11.3 Å². The molecule has 13 heavy (non-hydrogen) atoms. The zero-order valence-electron chi connectivity index (χ0n) is 16.1. The molecule has 1 aromatic rings. The smallest absolute Gasteiger partial charge is 0.186 e. The first kappa shape index (κ1) is 3.18. The van der Waals surface area contributed by atoms with E-state index in [2.05, 4.69) is 20.9 Å². The van der Waals surface area contributed by atoms with Crippen LogP contribution in [-0.2, 0) is 0 Å². The number of thiazole rings is 1. The van der Waals surface area contributed by atoms with Crippen molar-refractivity contribution in [2.24, 2.45) is 0 Å². The normalized spacial score (nSPS) is 48.6. The van der Waals surface area contributed by atoms with Crippen molar-refractivity contribution in [2.75, 3.05) is 17.9 Å². The van der Waals surface area contributed by atoms with Crippen LogP contribution < -0.4 is 4.90 Å². The monoisotopic (exact) mass is 272 g/mol. The van der Waals surface area contributed by atoms with Crippen LogP contribution >= 0.6 is 27.3 Å². The second-order valence-corrected chi connectivity index (χ2v) is 4.33. The first-order chi connectivity index (χ1) is 10.0. The van der Waals surface area contributed by atoms with Crippen LogP contribution in [0.1, 0.15) is 26.5 Å². The maximum Gasteiger partial charge on any atom is 0.186 e. The molecule has 1 saturated heterocycles. The maximum atomic E-state index is 9.97. The Bertz CT molecular complexity index is 597. The third-order valence-corrected chi connectivity index (χ3v) is 2.57. The molecule has 0 aromatic carbocycles. The van der Waals surface area contributed by atoms with Crippen LogP contribution in [0, 0.1) is 0 Å². The van der Waals surface area contributed by atoms with Crippen LogP contribution in [0.2, 0.25) is 0 Å². The second kappa shape index (κ2) is 3.94. The molecule has 1 fully saturated rings. The minimum absolute atomic E-state index is 0.108. The highest BCUT2D eigenvalue weighted by Crippen LogP contribution is 2.28. The van der Waals surface area contributed by atoms with Crippen LogP contribution in [0.3, 0.4) is 0 Å². The summed E-state index contributed by atoms with van der Waals surface area (Å²) in [5, 5.41) is 9.49. The van der Waals surface area contributed by atoms with E-state index >= 15 is 0 Å². The zero-order valence-corrected chi connectivity index (χ0v) is 8.53. The highest BCUT2D eigenvalue weighted by atomic mass is 79.9. The molecule has 0 saturated carbocycles. The number of rotatable bonds is 1. The summed E-state index contributed by atoms with van der Waals surface area (Å²) in [7, 11) is 0. The van der Waals surface area contributed by atoms with Crippen molar-refractivity contribution in [3.05, 3.63) is 9.96 Å². The molecule has 2 rings (SSSR count). The molecular formula is C8H11BrN2OS. The van der Waals surface area contributed by atoms with Gasteiger partial charge >= 0.3 is 0 Å². The largest absolute Gasteiger partial charge is 0.393 e. The van der Waals surface area contributed by atoms with E-state index in [4.69, 9.17) is 13.7 Å². The predicted molar refractivity (Wildman–Crippen MR) is 57.3 cm³/mol. The lowest BCUT2D eigenvalue weighted by molar-refractivity contribution is 0.145. The van der Waals surface area contributed by atoms with E-state index in [-0.39, 0.29) is 14.9 Å². The molecule has 1 aliphatic heterocycles. The van der Waals surface area contributed by atoms with Gasteiger partial charge in [-0.15, -0.1) is 0 Å². The minimum Gasteiger partial charge on any atom is -0.393 e. The number of hydrogen-bond acceptors (Lipinski definition) is 4. The van der Waals surface area contributed by atoms with Crippen molar-refractivity contribution in [1.29, 1.82) is 0 Å². The lowest BCUT2D eigenvalue weighted by atomic mass is 10.1. The van der Waals surface area contributed by atoms with Crippen LogP contribution in [0.5, 0.6) is 0 Å². The SMILES string of the molecule is [2H]c1nc(N2C([2H])([2H])C([2H])([2H])C([2H])(O)C([2H])([2H])C2([2H])[2H])sc1Br. The maximum absolute atomic E-state index is 9.97. The molecule has 2 heterocycles. The lowest BCUT2D eigenvalue weighted by Crippen LogP contribution is -2.35. The predicted octanol–water partition coefficient (Wildman–Crippen LogP) is 1.87. The van der Waals surface area contributed by atoms with Crippen molar-refractivity contribution in [3.8, 4) is 0 Å². The molecule has 0 spiro atoms. The van der Waals surface area contributed by atoms with Gasteiger partial charge in [0, 0.05) is 24.0 Å². The van der Waals surface area contributed by atoms with Gasteiger partial charge in [-0.2, -0.15) is 0 Å². The Kier molecular flexibility index (Phi) is 0.964. The van der Waals surface area contributed by atoms with Crippen molar-refractivity contribution in [3.63, 3.8) is 0 Å². The Morgan fingerprint density at radius 1 is 1.85 bits per heavy atom. The first-order valence-corrected chi connectivity index (χ1v) is 4.80. The first-order valence-electron chi connectivity index (χ1n) is 8.19. The Labute approximate surface area is 104 Å². The fourth-order valence-corrected chi connectivity index (χ4v) is 1.73. The standard InChI is InChI=1S/C8H11BrN2OS/c9-7-5-10-8(13-7)11-3-1-6(12)2-4-11/h5-6,12H,1-4H2/i1D2,2D2,3D2,4D2,5D,6D. The molecule has 3 nitrogen and oxygen atoms in total. The molecule has 5 heteroatoms. The van der Waals surface area contributed by atoms with E-state index in [0.29, 0.717) is 11.3 Å². The molecule has 0 radical (unpaired) electrons. The average molecular weight is 273 g/mol. The van der Waals surface area contributed by atoms with Crippen LogP contribution in [0.25, 0.3) is 0 Å². The molecule has 1 aliphatic rings. The highest BCUT2D eigenvalue weighted by Gasteiger charge is 2.18. The van der Waals surface area contributed by atoms with Crippen molar-refractivity contribution < 1.29 is 18.8 Å². The van der Waals surface area contributed by atoms with Gasteiger partial charge in [-0.05, 0) is 28.7 Å². The van der Waals surface area contributed by atoms with Gasteiger partial charge in [0.1, 0.15) is 0 Å². The Morgan fingerprint density at radius 2 is 2.54 bits per heavy atom. The summed E-state index contributed by atoms with van der Waals surface area (Å²) in [6.07, 6.45) is -11.1. The average Bonchev–Trinajstić information content (AvgIpc) is 2.66. The quantitative estimate of drug-likeness (QED) is 0.848. The van der Waals surface area contributed by atoms with Gasteiger partial charge in [0.05, 0.1) is 18.8 Å². The fraction of sp³-hybridized carbons (Fsp3) is 0.625. The number of anilines is 1. The fourth-order valence-electron chi connectivity index (χ4n) is 0.686. The number of aromatic nitrogens is 1. The lowest BCUT2D eigenvalue weighted by Gasteiger charge is -2.28. The Balaban J connectivity index is 2.79. The third kappa shape index (κ3) is 2.21. The summed E-state index contributed by atoms with van der Waals surface area (Å²) in [5.74, 6) is 0. The second-order valence-electron chi connectivity index (χ2n) is 2.04. The minimum atomic E-state index is -3.71. The number of nitrogens with zero attached hydrogens (tertiary/aromatic N) is 2. The van der Waals surface area contributed by atoms with E-state index in [1.165, 1.54) is 0 Å². The van der Waals surface area contributed by atoms with E-state index in [9.17, 15) is 5.11 Å². The summed E-state index contributed by atoms with van der Waals surface area (Å²) in [6, 6.07) is 0. The van der Waals surface area contributed by atoms with Crippen molar-refractivity contribution in [1.82, 2.24) is 4.98 Å². The number of halogens is 1. The summed E-state index contributed by atoms with van der Waals surface area (Å²) in [5.41, 5.74) is 0. The Morgan fingerprint density at radius 3 is 3.08 bits per heavy atom. The molecule has 0 aliphatic carbocycles. The zero-order chi connectivity index (χ0) is 18.2. The number of aliphatic hydroxyl groups is 1. The molecule has 0 bridgehead atoms. The molecule has 1 N–H and O–H groups in total. The Hall–Kier alpha value is -0.130. The molecule has 72 valence electrons. The van der Waals surface area contributed by atoms with E-state index < -0.39 is 37.0 Å². The van der Waals surface area contributed by atoms with Crippen molar-refractivity contribution >= 4 is 32.4 Å². The van der Waals surface area contributed by atoms with Crippen molar-refractivity contribution in [2.45, 2.75) is 18.8 Å². The molecule has 1 aromatic heterocycles. The molecule has 0 amide bonds. The van der Waals surface area contributed by atoms with Gasteiger partial charge in [0.15, 0.2) is 5.13 Å². The van der Waals surface area contributed by atoms with E-state index in [1.807, 2.05) is 0 Å². The van der Waals surface area contributed by atoms with Crippen LogP contribution in [0.15, 0.2) is 9.96 Å². The summed E-state index contributed by atoms with van der Waals surface area (Å²) >= 11 is 3.58.